The number of carbonyl (C=O) groups excluding carboxylic acids is 1. The van der Waals surface area contributed by atoms with Gasteiger partial charge in [0, 0.05) is 18.5 Å². The Labute approximate surface area is 115 Å². The van der Waals surface area contributed by atoms with E-state index in [9.17, 15) is 9.18 Å². The van der Waals surface area contributed by atoms with E-state index in [1.807, 2.05) is 11.8 Å². The maximum Gasteiger partial charge on any atom is 0.242 e. The zero-order valence-corrected chi connectivity index (χ0v) is 11.1. The average Bonchev–Trinajstić information content (AvgIpc) is 2.61. The summed E-state index contributed by atoms with van der Waals surface area (Å²) in [5, 5.41) is 3.49. The summed E-state index contributed by atoms with van der Waals surface area (Å²) < 4.78 is 13.5. The molecule has 2 aromatic rings. The first-order valence-corrected chi connectivity index (χ1v) is 6.61. The molecule has 0 radical (unpaired) electrons. The van der Waals surface area contributed by atoms with E-state index in [4.69, 9.17) is 0 Å². The van der Waals surface area contributed by atoms with Crippen LogP contribution in [0.2, 0.25) is 0 Å². The lowest BCUT2D eigenvalue weighted by Crippen LogP contribution is -2.42. The Hall–Kier alpha value is -2.24. The summed E-state index contributed by atoms with van der Waals surface area (Å²) in [7, 11) is 0. The maximum atomic E-state index is 13.5. The Morgan fingerprint density at radius 2 is 2.25 bits per heavy atom. The quantitative estimate of drug-likeness (QED) is 0.856. The molecule has 1 amide bonds. The van der Waals surface area contributed by atoms with Gasteiger partial charge in [-0.2, -0.15) is 0 Å². The fourth-order valence-electron chi connectivity index (χ4n) is 2.48. The van der Waals surface area contributed by atoms with Crippen LogP contribution in [0.5, 0.6) is 0 Å². The molecule has 1 aromatic carbocycles. The van der Waals surface area contributed by atoms with E-state index in [-0.39, 0.29) is 17.8 Å². The van der Waals surface area contributed by atoms with Crippen LogP contribution in [0.25, 0.3) is 10.9 Å². The second-order valence-corrected chi connectivity index (χ2v) is 4.87. The van der Waals surface area contributed by atoms with Crippen molar-refractivity contribution in [2.75, 3.05) is 18.0 Å². The number of halogens is 1. The van der Waals surface area contributed by atoms with Crippen LogP contribution in [0.3, 0.4) is 0 Å². The Morgan fingerprint density at radius 3 is 3.10 bits per heavy atom. The second kappa shape index (κ2) is 5.03. The minimum atomic E-state index is -0.334. The molecular formula is C14H15FN4O. The molecule has 0 saturated carbocycles. The van der Waals surface area contributed by atoms with Gasteiger partial charge in [0.15, 0.2) is 0 Å². The highest BCUT2D eigenvalue weighted by Crippen LogP contribution is 2.26. The van der Waals surface area contributed by atoms with Gasteiger partial charge in [0.05, 0.1) is 5.52 Å². The van der Waals surface area contributed by atoms with Gasteiger partial charge in [-0.15, -0.1) is 0 Å². The van der Waals surface area contributed by atoms with Gasteiger partial charge in [0.25, 0.3) is 0 Å². The third kappa shape index (κ3) is 2.17. The van der Waals surface area contributed by atoms with Gasteiger partial charge < -0.3 is 10.2 Å². The van der Waals surface area contributed by atoms with Gasteiger partial charge in [-0.25, -0.2) is 14.4 Å². The highest BCUT2D eigenvalue weighted by molar-refractivity contribution is 5.92. The molecule has 1 aliphatic rings. The number of aromatic nitrogens is 2. The number of nitrogens with zero attached hydrogens (tertiary/aromatic N) is 3. The topological polar surface area (TPSA) is 58.1 Å². The first-order valence-electron chi connectivity index (χ1n) is 6.61. The van der Waals surface area contributed by atoms with E-state index in [0.717, 1.165) is 6.42 Å². The molecular weight excluding hydrogens is 259 g/mol. The van der Waals surface area contributed by atoms with Gasteiger partial charge in [-0.05, 0) is 31.5 Å². The summed E-state index contributed by atoms with van der Waals surface area (Å²) >= 11 is 0. The van der Waals surface area contributed by atoms with Gasteiger partial charge in [-0.1, -0.05) is 0 Å². The summed E-state index contributed by atoms with van der Waals surface area (Å²) in [6.45, 7) is 3.17. The van der Waals surface area contributed by atoms with Crippen molar-refractivity contribution in [1.29, 1.82) is 0 Å². The molecule has 0 bridgehead atoms. The lowest BCUT2D eigenvalue weighted by Gasteiger charge is -2.27. The molecule has 5 nitrogen and oxygen atoms in total. The molecule has 1 N–H and O–H groups in total. The molecule has 1 aliphatic heterocycles. The van der Waals surface area contributed by atoms with Crippen LogP contribution in [-0.4, -0.2) is 35.0 Å². The van der Waals surface area contributed by atoms with E-state index in [2.05, 4.69) is 15.3 Å². The molecule has 6 heteroatoms. The van der Waals surface area contributed by atoms with Crippen LogP contribution in [0.4, 0.5) is 10.2 Å². The predicted molar refractivity (Wildman–Crippen MR) is 73.9 cm³/mol. The van der Waals surface area contributed by atoms with Gasteiger partial charge in [0.1, 0.15) is 24.0 Å². The van der Waals surface area contributed by atoms with E-state index >= 15 is 0 Å². The SMILES string of the molecule is C[C@@H]1C(=O)NCCCN1c1ncnc2ccc(F)cc12. The third-order valence-electron chi connectivity index (χ3n) is 3.57. The molecule has 3 rings (SSSR count). The molecule has 104 valence electrons. The normalized spacial score (nSPS) is 19.8. The highest BCUT2D eigenvalue weighted by Gasteiger charge is 2.26. The van der Waals surface area contributed by atoms with Crippen LogP contribution in [0, 0.1) is 5.82 Å². The maximum absolute atomic E-state index is 13.5. The molecule has 1 fully saturated rings. The number of rotatable bonds is 1. The lowest BCUT2D eigenvalue weighted by molar-refractivity contribution is -0.121. The first-order chi connectivity index (χ1) is 9.66. The third-order valence-corrected chi connectivity index (χ3v) is 3.57. The number of fused-ring (bicyclic) bond motifs is 1. The predicted octanol–water partition coefficient (Wildman–Crippen LogP) is 1.48. The van der Waals surface area contributed by atoms with E-state index in [1.54, 1.807) is 6.07 Å². The Morgan fingerprint density at radius 1 is 1.40 bits per heavy atom. The van der Waals surface area contributed by atoms with Crippen molar-refractivity contribution in [3.63, 3.8) is 0 Å². The molecule has 1 saturated heterocycles. The molecule has 2 heterocycles. The minimum Gasteiger partial charge on any atom is -0.354 e. The summed E-state index contributed by atoms with van der Waals surface area (Å²) in [4.78, 5) is 22.2. The lowest BCUT2D eigenvalue weighted by atomic mass is 10.2. The summed E-state index contributed by atoms with van der Waals surface area (Å²) in [5.41, 5.74) is 0.674. The molecule has 0 spiro atoms. The minimum absolute atomic E-state index is 0.0364. The van der Waals surface area contributed by atoms with Crippen molar-refractivity contribution in [1.82, 2.24) is 15.3 Å². The Kier molecular flexibility index (Phi) is 3.22. The van der Waals surface area contributed by atoms with E-state index in [0.29, 0.717) is 29.8 Å². The largest absolute Gasteiger partial charge is 0.354 e. The van der Waals surface area contributed by atoms with Crippen molar-refractivity contribution in [2.24, 2.45) is 0 Å². The van der Waals surface area contributed by atoms with Crippen LogP contribution >= 0.6 is 0 Å². The standard InChI is InChI=1S/C14H15FN4O/c1-9-14(20)16-5-2-6-19(9)13-11-7-10(15)3-4-12(11)17-8-18-13/h3-4,7-9H,2,5-6H2,1H3,(H,16,20)/t9-/m1/s1. The van der Waals surface area contributed by atoms with Gasteiger partial charge in [0.2, 0.25) is 5.91 Å². The number of amides is 1. The van der Waals surface area contributed by atoms with Crippen LogP contribution < -0.4 is 10.2 Å². The number of nitrogens with one attached hydrogen (secondary N) is 1. The number of hydrogen-bond donors (Lipinski definition) is 1. The summed E-state index contributed by atoms with van der Waals surface area (Å²) in [6, 6.07) is 4.08. The zero-order chi connectivity index (χ0) is 14.1. The van der Waals surface area contributed by atoms with Crippen molar-refractivity contribution < 1.29 is 9.18 Å². The smallest absolute Gasteiger partial charge is 0.242 e. The van der Waals surface area contributed by atoms with E-state index < -0.39 is 0 Å². The van der Waals surface area contributed by atoms with Crippen molar-refractivity contribution in [3.05, 3.63) is 30.3 Å². The summed E-state index contributed by atoms with van der Waals surface area (Å²) in [5.74, 6) is 0.241. The summed E-state index contributed by atoms with van der Waals surface area (Å²) in [6.07, 6.45) is 2.28. The zero-order valence-electron chi connectivity index (χ0n) is 11.1. The van der Waals surface area contributed by atoms with Gasteiger partial charge in [-0.3, -0.25) is 4.79 Å². The van der Waals surface area contributed by atoms with Crippen molar-refractivity contribution in [2.45, 2.75) is 19.4 Å². The Balaban J connectivity index is 2.12. The fraction of sp³-hybridized carbons (Fsp3) is 0.357. The fourth-order valence-corrected chi connectivity index (χ4v) is 2.48. The number of carbonyl (C=O) groups is 1. The van der Waals surface area contributed by atoms with Gasteiger partial charge >= 0.3 is 0 Å². The van der Waals surface area contributed by atoms with Crippen LogP contribution in [0.1, 0.15) is 13.3 Å². The molecule has 0 aliphatic carbocycles. The number of anilines is 1. The molecule has 1 aromatic heterocycles. The Bertz CT molecular complexity index is 661. The highest BCUT2D eigenvalue weighted by atomic mass is 19.1. The number of benzene rings is 1. The van der Waals surface area contributed by atoms with Crippen LogP contribution in [0.15, 0.2) is 24.5 Å². The average molecular weight is 274 g/mol. The molecule has 20 heavy (non-hydrogen) atoms. The second-order valence-electron chi connectivity index (χ2n) is 4.87. The molecule has 1 atom stereocenters. The first kappa shape index (κ1) is 12.8. The monoisotopic (exact) mass is 274 g/mol. The van der Waals surface area contributed by atoms with Crippen molar-refractivity contribution in [3.8, 4) is 0 Å². The number of hydrogen-bond acceptors (Lipinski definition) is 4. The van der Waals surface area contributed by atoms with Crippen LogP contribution in [-0.2, 0) is 4.79 Å². The molecule has 0 unspecified atom stereocenters. The van der Waals surface area contributed by atoms with E-state index in [1.165, 1.54) is 18.5 Å². The van der Waals surface area contributed by atoms with Crippen molar-refractivity contribution >= 4 is 22.6 Å².